The molecule has 98 valence electrons. The van der Waals surface area contributed by atoms with Crippen molar-refractivity contribution in [2.24, 2.45) is 5.41 Å². The SMILES string of the molecule is Brc1ccccc1C1CNCCC12CCOCC2. The summed E-state index contributed by atoms with van der Waals surface area (Å²) in [6, 6.07) is 8.69. The summed E-state index contributed by atoms with van der Waals surface area (Å²) in [5.74, 6) is 0.616. The lowest BCUT2D eigenvalue weighted by atomic mass is 9.63. The van der Waals surface area contributed by atoms with E-state index in [9.17, 15) is 0 Å². The van der Waals surface area contributed by atoms with Crippen LogP contribution in [0.25, 0.3) is 0 Å². The van der Waals surface area contributed by atoms with E-state index in [1.54, 1.807) is 0 Å². The van der Waals surface area contributed by atoms with E-state index in [1.807, 2.05) is 0 Å². The standard InChI is InChI=1S/C15H20BrNO/c16-14-4-2-1-3-12(14)13-11-17-8-5-15(13)6-9-18-10-7-15/h1-4,13,17H,5-11H2. The van der Waals surface area contributed by atoms with Crippen LogP contribution in [0.15, 0.2) is 28.7 Å². The minimum Gasteiger partial charge on any atom is -0.381 e. The predicted molar refractivity (Wildman–Crippen MR) is 76.9 cm³/mol. The molecule has 1 spiro atoms. The maximum atomic E-state index is 5.58. The second-order valence-electron chi connectivity index (χ2n) is 5.50. The van der Waals surface area contributed by atoms with Crippen LogP contribution >= 0.6 is 15.9 Å². The highest BCUT2D eigenvalue weighted by atomic mass is 79.9. The Morgan fingerprint density at radius 1 is 1.17 bits per heavy atom. The van der Waals surface area contributed by atoms with Gasteiger partial charge in [0.1, 0.15) is 0 Å². The molecule has 0 aliphatic carbocycles. The molecule has 2 aliphatic heterocycles. The Bertz CT molecular complexity index is 406. The van der Waals surface area contributed by atoms with Gasteiger partial charge in [-0.25, -0.2) is 0 Å². The number of ether oxygens (including phenoxy) is 1. The molecule has 1 atom stereocenters. The quantitative estimate of drug-likeness (QED) is 0.859. The molecule has 18 heavy (non-hydrogen) atoms. The van der Waals surface area contributed by atoms with Crippen molar-refractivity contribution in [1.29, 1.82) is 0 Å². The lowest BCUT2D eigenvalue weighted by molar-refractivity contribution is -0.0136. The van der Waals surface area contributed by atoms with Gasteiger partial charge in [-0.2, -0.15) is 0 Å². The molecule has 0 saturated carbocycles. The fraction of sp³-hybridized carbons (Fsp3) is 0.600. The molecule has 2 aliphatic rings. The molecular formula is C15H20BrNO. The van der Waals surface area contributed by atoms with Crippen LogP contribution in [0.1, 0.15) is 30.7 Å². The number of hydrogen-bond acceptors (Lipinski definition) is 2. The molecule has 3 rings (SSSR count). The van der Waals surface area contributed by atoms with Crippen molar-refractivity contribution >= 4 is 15.9 Å². The van der Waals surface area contributed by atoms with Crippen molar-refractivity contribution in [1.82, 2.24) is 5.32 Å². The third-order valence-electron chi connectivity index (χ3n) is 4.66. The van der Waals surface area contributed by atoms with Crippen molar-refractivity contribution < 1.29 is 4.74 Å². The molecule has 0 amide bonds. The van der Waals surface area contributed by atoms with Gasteiger partial charge in [-0.05, 0) is 42.9 Å². The van der Waals surface area contributed by atoms with Gasteiger partial charge in [-0.3, -0.25) is 0 Å². The van der Waals surface area contributed by atoms with Crippen molar-refractivity contribution in [2.75, 3.05) is 26.3 Å². The van der Waals surface area contributed by atoms with E-state index >= 15 is 0 Å². The molecule has 1 N–H and O–H groups in total. The van der Waals surface area contributed by atoms with Crippen LogP contribution in [0.4, 0.5) is 0 Å². The summed E-state index contributed by atoms with van der Waals surface area (Å²) in [6.45, 7) is 4.12. The fourth-order valence-electron chi connectivity index (χ4n) is 3.55. The summed E-state index contributed by atoms with van der Waals surface area (Å²) in [6.07, 6.45) is 3.70. The Balaban J connectivity index is 1.94. The van der Waals surface area contributed by atoms with E-state index in [-0.39, 0.29) is 0 Å². The predicted octanol–water partition coefficient (Wildman–Crippen LogP) is 3.32. The number of nitrogens with one attached hydrogen (secondary N) is 1. The third-order valence-corrected chi connectivity index (χ3v) is 5.38. The van der Waals surface area contributed by atoms with Crippen LogP contribution in [0.2, 0.25) is 0 Å². The molecule has 0 aromatic heterocycles. The number of piperidine rings is 1. The number of halogens is 1. The first kappa shape index (κ1) is 12.6. The van der Waals surface area contributed by atoms with Gasteiger partial charge in [0.25, 0.3) is 0 Å². The normalized spacial score (nSPS) is 27.3. The van der Waals surface area contributed by atoms with E-state index in [4.69, 9.17) is 4.74 Å². The summed E-state index contributed by atoms with van der Waals surface area (Å²) in [5.41, 5.74) is 1.92. The number of benzene rings is 1. The molecule has 3 heteroatoms. The van der Waals surface area contributed by atoms with Crippen molar-refractivity contribution in [3.05, 3.63) is 34.3 Å². The van der Waals surface area contributed by atoms with Gasteiger partial charge in [-0.15, -0.1) is 0 Å². The van der Waals surface area contributed by atoms with Crippen LogP contribution in [0, 0.1) is 5.41 Å². The van der Waals surface area contributed by atoms with E-state index in [0.717, 1.165) is 26.3 Å². The zero-order valence-electron chi connectivity index (χ0n) is 10.6. The molecule has 2 saturated heterocycles. The summed E-state index contributed by atoms with van der Waals surface area (Å²) >= 11 is 3.72. The monoisotopic (exact) mass is 309 g/mol. The molecule has 0 bridgehead atoms. The summed E-state index contributed by atoms with van der Waals surface area (Å²) in [7, 11) is 0. The van der Waals surface area contributed by atoms with Gasteiger partial charge in [0.15, 0.2) is 0 Å². The van der Waals surface area contributed by atoms with Crippen molar-refractivity contribution in [3.8, 4) is 0 Å². The molecule has 2 heterocycles. The molecular weight excluding hydrogens is 290 g/mol. The topological polar surface area (TPSA) is 21.3 Å². The summed E-state index contributed by atoms with van der Waals surface area (Å²) < 4.78 is 6.83. The first-order valence-corrected chi connectivity index (χ1v) is 7.64. The second-order valence-corrected chi connectivity index (χ2v) is 6.36. The molecule has 1 aromatic carbocycles. The van der Waals surface area contributed by atoms with Gasteiger partial charge in [0, 0.05) is 30.1 Å². The smallest absolute Gasteiger partial charge is 0.0471 e. The Kier molecular flexibility index (Phi) is 3.73. The highest BCUT2D eigenvalue weighted by Crippen LogP contribution is 2.49. The Labute approximate surface area is 117 Å². The minimum absolute atomic E-state index is 0.452. The Hall–Kier alpha value is -0.380. The number of hydrogen-bond donors (Lipinski definition) is 1. The lowest BCUT2D eigenvalue weighted by Gasteiger charge is -2.47. The average molecular weight is 310 g/mol. The van der Waals surface area contributed by atoms with Crippen molar-refractivity contribution in [3.63, 3.8) is 0 Å². The fourth-order valence-corrected chi connectivity index (χ4v) is 4.11. The van der Waals surface area contributed by atoms with E-state index in [2.05, 4.69) is 45.5 Å². The van der Waals surface area contributed by atoms with Gasteiger partial charge in [0.05, 0.1) is 0 Å². The first-order valence-electron chi connectivity index (χ1n) is 6.85. The van der Waals surface area contributed by atoms with Gasteiger partial charge in [-0.1, -0.05) is 34.1 Å². The van der Waals surface area contributed by atoms with Crippen LogP contribution in [0.5, 0.6) is 0 Å². The summed E-state index contributed by atoms with van der Waals surface area (Å²) in [5, 5.41) is 3.57. The average Bonchev–Trinajstić information content (AvgIpc) is 2.41. The maximum Gasteiger partial charge on any atom is 0.0471 e. The van der Waals surface area contributed by atoms with Crippen LogP contribution in [-0.2, 0) is 4.74 Å². The highest BCUT2D eigenvalue weighted by Gasteiger charge is 2.42. The van der Waals surface area contributed by atoms with E-state index in [0.29, 0.717) is 11.3 Å². The molecule has 2 fully saturated rings. The second kappa shape index (κ2) is 5.32. The van der Waals surface area contributed by atoms with Gasteiger partial charge in [0.2, 0.25) is 0 Å². The molecule has 0 radical (unpaired) electrons. The number of rotatable bonds is 1. The van der Waals surface area contributed by atoms with Crippen LogP contribution < -0.4 is 5.32 Å². The highest BCUT2D eigenvalue weighted by molar-refractivity contribution is 9.10. The van der Waals surface area contributed by atoms with Crippen molar-refractivity contribution in [2.45, 2.75) is 25.2 Å². The first-order chi connectivity index (χ1) is 8.82. The largest absolute Gasteiger partial charge is 0.381 e. The summed E-state index contributed by atoms with van der Waals surface area (Å²) in [4.78, 5) is 0. The van der Waals surface area contributed by atoms with E-state index in [1.165, 1.54) is 29.3 Å². The van der Waals surface area contributed by atoms with Gasteiger partial charge < -0.3 is 10.1 Å². The maximum absolute atomic E-state index is 5.58. The molecule has 1 unspecified atom stereocenters. The van der Waals surface area contributed by atoms with E-state index < -0.39 is 0 Å². The van der Waals surface area contributed by atoms with Crippen LogP contribution in [0.3, 0.4) is 0 Å². The lowest BCUT2D eigenvalue weighted by Crippen LogP contribution is -2.46. The Morgan fingerprint density at radius 3 is 2.72 bits per heavy atom. The Morgan fingerprint density at radius 2 is 1.94 bits per heavy atom. The molecule has 1 aromatic rings. The molecule has 2 nitrogen and oxygen atoms in total. The zero-order chi connectivity index (χ0) is 12.4. The van der Waals surface area contributed by atoms with Crippen LogP contribution in [-0.4, -0.2) is 26.3 Å². The zero-order valence-corrected chi connectivity index (χ0v) is 12.2. The minimum atomic E-state index is 0.452. The van der Waals surface area contributed by atoms with Gasteiger partial charge >= 0.3 is 0 Å². The third kappa shape index (κ3) is 2.24.